The van der Waals surface area contributed by atoms with E-state index < -0.39 is 0 Å². The highest BCUT2D eigenvalue weighted by Crippen LogP contribution is 2.22. The van der Waals surface area contributed by atoms with Crippen molar-refractivity contribution in [1.29, 1.82) is 0 Å². The Kier molecular flexibility index (Phi) is 5.88. The quantitative estimate of drug-likeness (QED) is 0.814. The van der Waals surface area contributed by atoms with Gasteiger partial charge in [0.05, 0.1) is 11.4 Å². The highest BCUT2D eigenvalue weighted by molar-refractivity contribution is 9.10. The number of amides is 1. The number of carbonyl (C=O) groups excluding carboxylic acids is 1. The predicted octanol–water partition coefficient (Wildman–Crippen LogP) is 4.94. The van der Waals surface area contributed by atoms with E-state index in [-0.39, 0.29) is 5.91 Å². The van der Waals surface area contributed by atoms with Crippen molar-refractivity contribution in [3.8, 4) is 0 Å². The molecule has 0 spiro atoms. The fourth-order valence-corrected chi connectivity index (χ4v) is 3.23. The van der Waals surface area contributed by atoms with Gasteiger partial charge >= 0.3 is 0 Å². The standard InChI is InChI=1S/C17H18BrNOS/c1-12-7-8-13(2)14(9-12)10-21-11-17(20)19-16-6-4-3-5-15(16)18/h3-9H,10-11H2,1-2H3,(H,19,20). The molecule has 1 N–H and O–H groups in total. The van der Waals surface area contributed by atoms with Gasteiger partial charge in [0.2, 0.25) is 5.91 Å². The molecule has 2 aromatic carbocycles. The van der Waals surface area contributed by atoms with Crippen LogP contribution in [0.3, 0.4) is 0 Å². The SMILES string of the molecule is Cc1ccc(C)c(CSCC(=O)Nc2ccccc2Br)c1. The van der Waals surface area contributed by atoms with Gasteiger partial charge in [0, 0.05) is 10.2 Å². The summed E-state index contributed by atoms with van der Waals surface area (Å²) in [6.45, 7) is 4.20. The summed E-state index contributed by atoms with van der Waals surface area (Å²) < 4.78 is 0.901. The van der Waals surface area contributed by atoms with Crippen LogP contribution in [0, 0.1) is 13.8 Å². The minimum Gasteiger partial charge on any atom is -0.324 e. The molecule has 0 fully saturated rings. The maximum atomic E-state index is 12.0. The van der Waals surface area contributed by atoms with Gasteiger partial charge in [-0.1, -0.05) is 35.9 Å². The normalized spacial score (nSPS) is 10.4. The lowest BCUT2D eigenvalue weighted by molar-refractivity contribution is -0.113. The fraction of sp³-hybridized carbons (Fsp3) is 0.235. The third-order valence-corrected chi connectivity index (χ3v) is 4.82. The zero-order valence-electron chi connectivity index (χ0n) is 12.2. The van der Waals surface area contributed by atoms with E-state index in [9.17, 15) is 4.79 Å². The number of nitrogens with one attached hydrogen (secondary N) is 1. The van der Waals surface area contributed by atoms with E-state index in [0.717, 1.165) is 15.9 Å². The van der Waals surface area contributed by atoms with Crippen LogP contribution in [0.4, 0.5) is 5.69 Å². The van der Waals surface area contributed by atoms with Crippen molar-refractivity contribution >= 4 is 39.3 Å². The van der Waals surface area contributed by atoms with E-state index in [1.165, 1.54) is 16.7 Å². The third-order valence-electron chi connectivity index (χ3n) is 3.14. The lowest BCUT2D eigenvalue weighted by Gasteiger charge is -2.08. The Balaban J connectivity index is 1.85. The molecule has 0 heterocycles. The second kappa shape index (κ2) is 7.66. The number of carbonyl (C=O) groups is 1. The molecule has 0 aromatic heterocycles. The number of rotatable bonds is 5. The van der Waals surface area contributed by atoms with Crippen LogP contribution in [-0.4, -0.2) is 11.7 Å². The van der Waals surface area contributed by atoms with Crippen LogP contribution in [0.15, 0.2) is 46.9 Å². The van der Waals surface area contributed by atoms with Gasteiger partial charge in [-0.3, -0.25) is 4.79 Å². The monoisotopic (exact) mass is 363 g/mol. The Morgan fingerprint density at radius 2 is 1.95 bits per heavy atom. The Labute approximate surface area is 138 Å². The number of hydrogen-bond acceptors (Lipinski definition) is 2. The van der Waals surface area contributed by atoms with Crippen LogP contribution < -0.4 is 5.32 Å². The minimum absolute atomic E-state index is 0.0252. The van der Waals surface area contributed by atoms with E-state index in [2.05, 4.69) is 53.3 Å². The van der Waals surface area contributed by atoms with E-state index in [4.69, 9.17) is 0 Å². The zero-order valence-corrected chi connectivity index (χ0v) is 14.6. The molecule has 4 heteroatoms. The van der Waals surface area contributed by atoms with E-state index >= 15 is 0 Å². The van der Waals surface area contributed by atoms with Crippen LogP contribution >= 0.6 is 27.7 Å². The number of aryl methyl sites for hydroxylation is 2. The molecule has 21 heavy (non-hydrogen) atoms. The van der Waals surface area contributed by atoms with Gasteiger partial charge in [-0.15, -0.1) is 11.8 Å². The molecule has 0 radical (unpaired) electrons. The third kappa shape index (κ3) is 4.90. The van der Waals surface area contributed by atoms with Crippen molar-refractivity contribution in [2.45, 2.75) is 19.6 Å². The maximum Gasteiger partial charge on any atom is 0.234 e. The van der Waals surface area contributed by atoms with Gasteiger partial charge in [0.15, 0.2) is 0 Å². The maximum absolute atomic E-state index is 12.0. The minimum atomic E-state index is 0.0252. The highest BCUT2D eigenvalue weighted by Gasteiger charge is 2.06. The number of anilines is 1. The molecular weight excluding hydrogens is 346 g/mol. The average Bonchev–Trinajstić information content (AvgIpc) is 2.45. The van der Waals surface area contributed by atoms with Gasteiger partial charge in [-0.25, -0.2) is 0 Å². The summed E-state index contributed by atoms with van der Waals surface area (Å²) in [7, 11) is 0. The molecular formula is C17H18BrNOS. The fourth-order valence-electron chi connectivity index (χ4n) is 1.96. The van der Waals surface area contributed by atoms with Crippen LogP contribution in [-0.2, 0) is 10.5 Å². The van der Waals surface area contributed by atoms with E-state index in [1.807, 2.05) is 24.3 Å². The predicted molar refractivity (Wildman–Crippen MR) is 94.8 cm³/mol. The molecule has 0 aliphatic rings. The van der Waals surface area contributed by atoms with Gasteiger partial charge in [-0.2, -0.15) is 0 Å². The van der Waals surface area contributed by atoms with Crippen molar-refractivity contribution in [3.63, 3.8) is 0 Å². The molecule has 0 saturated carbocycles. The number of thioether (sulfide) groups is 1. The van der Waals surface area contributed by atoms with E-state index in [0.29, 0.717) is 5.75 Å². The Morgan fingerprint density at radius 3 is 2.71 bits per heavy atom. The van der Waals surface area contributed by atoms with Crippen LogP contribution in [0.1, 0.15) is 16.7 Å². The molecule has 0 aliphatic heterocycles. The first-order valence-electron chi connectivity index (χ1n) is 6.74. The van der Waals surface area contributed by atoms with Gasteiger partial charge in [0.25, 0.3) is 0 Å². The number of halogens is 1. The molecule has 2 aromatic rings. The topological polar surface area (TPSA) is 29.1 Å². The molecule has 110 valence electrons. The van der Waals surface area contributed by atoms with Gasteiger partial charge in [-0.05, 0) is 53.0 Å². The van der Waals surface area contributed by atoms with Crippen LogP contribution in [0.5, 0.6) is 0 Å². The molecule has 0 unspecified atom stereocenters. The first-order chi connectivity index (χ1) is 10.1. The smallest absolute Gasteiger partial charge is 0.234 e. The summed E-state index contributed by atoms with van der Waals surface area (Å²) in [5, 5.41) is 2.92. The molecule has 0 atom stereocenters. The first kappa shape index (κ1) is 16.1. The Bertz CT molecular complexity index is 642. The first-order valence-corrected chi connectivity index (χ1v) is 8.69. The average molecular weight is 364 g/mol. The lowest BCUT2D eigenvalue weighted by Crippen LogP contribution is -2.14. The summed E-state index contributed by atoms with van der Waals surface area (Å²) in [6, 6.07) is 14.1. The molecule has 0 saturated heterocycles. The Morgan fingerprint density at radius 1 is 1.19 bits per heavy atom. The summed E-state index contributed by atoms with van der Waals surface area (Å²) in [6.07, 6.45) is 0. The summed E-state index contributed by atoms with van der Waals surface area (Å²) in [5.41, 5.74) is 4.65. The van der Waals surface area contributed by atoms with Crippen molar-refractivity contribution in [1.82, 2.24) is 0 Å². The molecule has 1 amide bonds. The lowest BCUT2D eigenvalue weighted by atomic mass is 10.1. The van der Waals surface area contributed by atoms with Crippen molar-refractivity contribution < 1.29 is 4.79 Å². The van der Waals surface area contributed by atoms with Crippen molar-refractivity contribution in [3.05, 3.63) is 63.6 Å². The van der Waals surface area contributed by atoms with Crippen molar-refractivity contribution in [2.75, 3.05) is 11.1 Å². The Hall–Kier alpha value is -1.26. The number of hydrogen-bond donors (Lipinski definition) is 1. The zero-order chi connectivity index (χ0) is 15.2. The van der Waals surface area contributed by atoms with Crippen LogP contribution in [0.25, 0.3) is 0 Å². The summed E-state index contributed by atoms with van der Waals surface area (Å²) >= 11 is 5.06. The van der Waals surface area contributed by atoms with Crippen LogP contribution in [0.2, 0.25) is 0 Å². The molecule has 0 aliphatic carbocycles. The number of benzene rings is 2. The summed E-state index contributed by atoms with van der Waals surface area (Å²) in [5.74, 6) is 1.34. The summed E-state index contributed by atoms with van der Waals surface area (Å²) in [4.78, 5) is 12.0. The van der Waals surface area contributed by atoms with E-state index in [1.54, 1.807) is 11.8 Å². The number of para-hydroxylation sites is 1. The largest absolute Gasteiger partial charge is 0.324 e. The van der Waals surface area contributed by atoms with Crippen molar-refractivity contribution in [2.24, 2.45) is 0 Å². The second-order valence-electron chi connectivity index (χ2n) is 4.95. The van der Waals surface area contributed by atoms with Gasteiger partial charge < -0.3 is 5.32 Å². The van der Waals surface area contributed by atoms with Gasteiger partial charge in [0.1, 0.15) is 0 Å². The molecule has 2 nitrogen and oxygen atoms in total. The second-order valence-corrected chi connectivity index (χ2v) is 6.79. The highest BCUT2D eigenvalue weighted by atomic mass is 79.9. The molecule has 2 rings (SSSR count). The molecule has 0 bridgehead atoms.